The summed E-state index contributed by atoms with van der Waals surface area (Å²) in [7, 11) is 0. The van der Waals surface area contributed by atoms with Crippen LogP contribution >= 0.6 is 34.4 Å². The number of amides is 1. The lowest BCUT2D eigenvalue weighted by atomic mass is 10.0. The highest BCUT2D eigenvalue weighted by Gasteiger charge is 2.36. The van der Waals surface area contributed by atoms with Gasteiger partial charge in [-0.15, -0.1) is 0 Å². The maximum absolute atomic E-state index is 12.0. The van der Waals surface area contributed by atoms with Crippen molar-refractivity contribution in [2.75, 3.05) is 11.5 Å². The molecule has 0 saturated carbocycles. The number of nitrogens with zero attached hydrogens (tertiary/aromatic N) is 1. The zero-order chi connectivity index (χ0) is 12.3. The molecule has 88 valence electrons. The molecule has 2 rings (SSSR count). The lowest BCUT2D eigenvalue weighted by Gasteiger charge is -2.21. The van der Waals surface area contributed by atoms with E-state index in [1.165, 1.54) is 0 Å². The molecule has 1 heterocycles. The van der Waals surface area contributed by atoms with Gasteiger partial charge in [0.2, 0.25) is 0 Å². The van der Waals surface area contributed by atoms with Crippen molar-refractivity contribution in [3.05, 3.63) is 33.4 Å². The number of rotatable bonds is 2. The van der Waals surface area contributed by atoms with Gasteiger partial charge in [-0.05, 0) is 59.0 Å². The zero-order valence-corrected chi connectivity index (χ0v) is 12.0. The molecule has 1 saturated heterocycles. The summed E-state index contributed by atoms with van der Waals surface area (Å²) in [5, 5.41) is 12.0. The number of benzene rings is 1. The van der Waals surface area contributed by atoms with Gasteiger partial charge >= 0.3 is 0 Å². The van der Waals surface area contributed by atoms with Gasteiger partial charge in [0, 0.05) is 14.9 Å². The van der Waals surface area contributed by atoms with Gasteiger partial charge in [-0.1, -0.05) is 0 Å². The Kier molecular flexibility index (Phi) is 3.94. The topological polar surface area (TPSA) is 52.9 Å². The van der Waals surface area contributed by atoms with E-state index in [-0.39, 0.29) is 5.91 Å². The number of carbonyl (C=O) groups excluding carboxylic acids is 1. The first-order chi connectivity index (χ1) is 8.15. The van der Waals surface area contributed by atoms with Crippen LogP contribution in [-0.4, -0.2) is 23.0 Å². The van der Waals surface area contributed by atoms with Crippen LogP contribution in [0.25, 0.3) is 0 Å². The lowest BCUT2D eigenvalue weighted by molar-refractivity contribution is 0.0926. The third kappa shape index (κ3) is 2.93. The Morgan fingerprint density at radius 2 is 2.18 bits per heavy atom. The molecule has 0 aliphatic carbocycles. The molecule has 0 radical (unpaired) electrons. The molecule has 0 spiro atoms. The summed E-state index contributed by atoms with van der Waals surface area (Å²) in [4.78, 5) is 12.0. The van der Waals surface area contributed by atoms with Gasteiger partial charge in [0.25, 0.3) is 5.91 Å². The molecule has 1 aliphatic rings. The van der Waals surface area contributed by atoms with Crippen LogP contribution in [0.15, 0.2) is 24.3 Å². The molecular weight excluding hydrogens is 347 g/mol. The Morgan fingerprint density at radius 1 is 1.47 bits per heavy atom. The quantitative estimate of drug-likeness (QED) is 0.827. The molecule has 1 aliphatic heterocycles. The second-order valence-corrected chi connectivity index (χ2v) is 6.31. The summed E-state index contributed by atoms with van der Waals surface area (Å²) in [6.45, 7) is 0. The summed E-state index contributed by atoms with van der Waals surface area (Å²) < 4.78 is 1.09. The van der Waals surface area contributed by atoms with Gasteiger partial charge in [0.1, 0.15) is 5.54 Å². The highest BCUT2D eigenvalue weighted by Crippen LogP contribution is 2.27. The largest absolute Gasteiger partial charge is 0.333 e. The molecule has 3 nitrogen and oxygen atoms in total. The van der Waals surface area contributed by atoms with Crippen molar-refractivity contribution < 1.29 is 4.79 Å². The average molecular weight is 358 g/mol. The van der Waals surface area contributed by atoms with Crippen LogP contribution in [0.4, 0.5) is 0 Å². The van der Waals surface area contributed by atoms with E-state index < -0.39 is 5.54 Å². The van der Waals surface area contributed by atoms with E-state index in [0.29, 0.717) is 11.3 Å². The van der Waals surface area contributed by atoms with E-state index in [1.54, 1.807) is 23.9 Å². The molecule has 1 aromatic rings. The predicted octanol–water partition coefficient (Wildman–Crippen LogP) is 2.42. The number of nitrogens with one attached hydrogen (secondary N) is 1. The Balaban J connectivity index is 2.11. The Labute approximate surface area is 118 Å². The monoisotopic (exact) mass is 358 g/mol. The molecule has 1 atom stereocenters. The summed E-state index contributed by atoms with van der Waals surface area (Å²) >= 11 is 3.90. The number of halogens is 1. The zero-order valence-electron chi connectivity index (χ0n) is 9.07. The van der Waals surface area contributed by atoms with Crippen LogP contribution in [0.5, 0.6) is 0 Å². The van der Waals surface area contributed by atoms with Crippen LogP contribution in [0, 0.1) is 14.9 Å². The number of nitriles is 1. The van der Waals surface area contributed by atoms with Crippen LogP contribution in [0.1, 0.15) is 16.8 Å². The number of carbonyl (C=O) groups is 1. The number of hydrogen-bond acceptors (Lipinski definition) is 3. The van der Waals surface area contributed by atoms with Crippen molar-refractivity contribution in [2.45, 2.75) is 12.0 Å². The van der Waals surface area contributed by atoms with Crippen molar-refractivity contribution in [1.82, 2.24) is 5.32 Å². The first-order valence-electron chi connectivity index (χ1n) is 5.22. The minimum atomic E-state index is -0.676. The van der Waals surface area contributed by atoms with Crippen LogP contribution in [0.2, 0.25) is 0 Å². The van der Waals surface area contributed by atoms with E-state index in [0.717, 1.165) is 15.7 Å². The van der Waals surface area contributed by atoms with Crippen molar-refractivity contribution in [2.24, 2.45) is 0 Å². The number of hydrogen-bond donors (Lipinski definition) is 1. The van der Waals surface area contributed by atoms with E-state index in [9.17, 15) is 10.1 Å². The van der Waals surface area contributed by atoms with Crippen LogP contribution in [-0.2, 0) is 0 Å². The molecule has 5 heteroatoms. The minimum Gasteiger partial charge on any atom is -0.333 e. The second kappa shape index (κ2) is 5.27. The van der Waals surface area contributed by atoms with Gasteiger partial charge in [-0.3, -0.25) is 4.79 Å². The van der Waals surface area contributed by atoms with Gasteiger partial charge in [-0.25, -0.2) is 0 Å². The van der Waals surface area contributed by atoms with E-state index in [1.807, 2.05) is 12.1 Å². The molecule has 0 aromatic heterocycles. The van der Waals surface area contributed by atoms with Gasteiger partial charge in [-0.2, -0.15) is 17.0 Å². The third-order valence-electron chi connectivity index (χ3n) is 2.69. The molecule has 0 bridgehead atoms. The van der Waals surface area contributed by atoms with Crippen molar-refractivity contribution in [3.63, 3.8) is 0 Å². The molecule has 17 heavy (non-hydrogen) atoms. The Morgan fingerprint density at radius 3 is 2.71 bits per heavy atom. The third-order valence-corrected chi connectivity index (χ3v) is 4.60. The predicted molar refractivity (Wildman–Crippen MR) is 76.9 cm³/mol. The van der Waals surface area contributed by atoms with Gasteiger partial charge in [0.15, 0.2) is 0 Å². The fourth-order valence-corrected chi connectivity index (χ4v) is 3.30. The maximum Gasteiger partial charge on any atom is 0.252 e. The van der Waals surface area contributed by atoms with Crippen molar-refractivity contribution in [3.8, 4) is 6.07 Å². The van der Waals surface area contributed by atoms with Crippen LogP contribution in [0.3, 0.4) is 0 Å². The molecule has 1 amide bonds. The van der Waals surface area contributed by atoms with Gasteiger partial charge in [0.05, 0.1) is 6.07 Å². The summed E-state index contributed by atoms with van der Waals surface area (Å²) in [6, 6.07) is 9.57. The van der Waals surface area contributed by atoms with Crippen molar-refractivity contribution in [1.29, 1.82) is 5.26 Å². The van der Waals surface area contributed by atoms with Crippen molar-refractivity contribution >= 4 is 40.3 Å². The fraction of sp³-hybridized carbons (Fsp3) is 0.333. The maximum atomic E-state index is 12.0. The lowest BCUT2D eigenvalue weighted by Crippen LogP contribution is -2.47. The Bertz CT molecular complexity index is 460. The SMILES string of the molecule is N#CC1(NC(=O)c2ccc(I)cc2)CCSC1. The molecule has 1 aromatic carbocycles. The van der Waals surface area contributed by atoms with E-state index >= 15 is 0 Å². The molecular formula is C12H11IN2OS. The van der Waals surface area contributed by atoms with Gasteiger partial charge < -0.3 is 5.32 Å². The molecule has 1 unspecified atom stereocenters. The average Bonchev–Trinajstić information content (AvgIpc) is 2.79. The van der Waals surface area contributed by atoms with E-state index in [4.69, 9.17) is 0 Å². The normalized spacial score (nSPS) is 23.1. The Hall–Kier alpha value is -0.740. The standard InChI is InChI=1S/C12H11IN2OS/c13-10-3-1-9(2-4-10)11(16)15-12(7-14)5-6-17-8-12/h1-4H,5-6,8H2,(H,15,16). The smallest absolute Gasteiger partial charge is 0.252 e. The highest BCUT2D eigenvalue weighted by atomic mass is 127. The molecule has 1 N–H and O–H groups in total. The fourth-order valence-electron chi connectivity index (χ4n) is 1.67. The minimum absolute atomic E-state index is 0.162. The summed E-state index contributed by atoms with van der Waals surface area (Å²) in [5.41, 5.74) is -0.0676. The summed E-state index contributed by atoms with van der Waals surface area (Å²) in [5.74, 6) is 1.45. The molecule has 1 fully saturated rings. The summed E-state index contributed by atoms with van der Waals surface area (Å²) in [6.07, 6.45) is 0.726. The second-order valence-electron chi connectivity index (χ2n) is 3.96. The van der Waals surface area contributed by atoms with Crippen LogP contribution < -0.4 is 5.32 Å². The first kappa shape index (κ1) is 12.7. The van der Waals surface area contributed by atoms with E-state index in [2.05, 4.69) is 34.0 Å². The highest BCUT2D eigenvalue weighted by molar-refractivity contribution is 14.1. The first-order valence-corrected chi connectivity index (χ1v) is 7.46. The number of thioether (sulfide) groups is 1.